The van der Waals surface area contributed by atoms with Gasteiger partial charge in [-0.15, -0.1) is 0 Å². The Labute approximate surface area is 128 Å². The normalized spacial score (nSPS) is 11.8. The molecule has 0 amide bonds. The second kappa shape index (κ2) is 10.9. The van der Waals surface area contributed by atoms with Gasteiger partial charge in [-0.05, 0) is 12.0 Å². The summed E-state index contributed by atoms with van der Waals surface area (Å²) >= 11 is 0. The zero-order chi connectivity index (χ0) is 15.4. The molecule has 120 valence electrons. The molecule has 0 aromatic heterocycles. The Morgan fingerprint density at radius 1 is 1.05 bits per heavy atom. The lowest BCUT2D eigenvalue weighted by Crippen LogP contribution is -2.46. The lowest BCUT2D eigenvalue weighted by molar-refractivity contribution is 0.0981. The lowest BCUT2D eigenvalue weighted by Gasteiger charge is -2.26. The largest absolute Gasteiger partial charge is 0.500 e. The maximum atomic E-state index is 5.89. The molecule has 0 saturated carbocycles. The van der Waals surface area contributed by atoms with Gasteiger partial charge in [0.25, 0.3) is 0 Å². The van der Waals surface area contributed by atoms with E-state index in [0.717, 1.165) is 19.0 Å². The Bertz CT molecular complexity index is 364. The summed E-state index contributed by atoms with van der Waals surface area (Å²) in [6.07, 6.45) is 0.883. The van der Waals surface area contributed by atoms with Crippen LogP contribution in [0.5, 0.6) is 0 Å². The Kier molecular flexibility index (Phi) is 9.43. The van der Waals surface area contributed by atoms with Crippen LogP contribution in [0.3, 0.4) is 0 Å². The lowest BCUT2D eigenvalue weighted by atomic mass is 10.2. The molecule has 0 heterocycles. The first kappa shape index (κ1) is 18.2. The van der Waals surface area contributed by atoms with Crippen molar-refractivity contribution >= 4 is 8.80 Å². The molecule has 0 radical (unpaired) electrons. The molecule has 0 saturated heterocycles. The molecule has 6 nitrogen and oxygen atoms in total. The molecule has 4 N–H and O–H groups in total. The van der Waals surface area contributed by atoms with Crippen molar-refractivity contribution < 1.29 is 13.3 Å². The molecule has 1 aromatic carbocycles. The first-order valence-electron chi connectivity index (χ1n) is 7.20. The van der Waals surface area contributed by atoms with E-state index in [1.807, 2.05) is 18.2 Å². The van der Waals surface area contributed by atoms with Crippen LogP contribution in [0.4, 0.5) is 0 Å². The van der Waals surface area contributed by atoms with Gasteiger partial charge < -0.3 is 19.0 Å². The van der Waals surface area contributed by atoms with Crippen molar-refractivity contribution in [1.29, 1.82) is 0 Å². The highest BCUT2D eigenvalue weighted by Gasteiger charge is 2.38. The number of benzene rings is 1. The maximum absolute atomic E-state index is 5.89. The van der Waals surface area contributed by atoms with Gasteiger partial charge in [0.2, 0.25) is 0 Å². The molecule has 0 bridgehead atoms. The van der Waals surface area contributed by atoms with Gasteiger partial charge in [-0.3, -0.25) is 10.9 Å². The minimum absolute atomic E-state index is 0.528. The quantitative estimate of drug-likeness (QED) is 0.297. The number of hydrazine groups is 1. The van der Waals surface area contributed by atoms with E-state index in [1.54, 1.807) is 14.2 Å². The second-order valence-corrected chi connectivity index (χ2v) is 7.54. The SMILES string of the molecule is CO[Si](CCc1ccccc1)(OC)OCCNNCCN. The molecule has 0 aliphatic heterocycles. The van der Waals surface area contributed by atoms with Crippen LogP contribution in [0.15, 0.2) is 30.3 Å². The van der Waals surface area contributed by atoms with Gasteiger partial charge in [0.15, 0.2) is 0 Å². The Morgan fingerprint density at radius 3 is 2.33 bits per heavy atom. The molecule has 0 fully saturated rings. The first-order valence-corrected chi connectivity index (χ1v) is 9.13. The van der Waals surface area contributed by atoms with E-state index in [0.29, 0.717) is 19.7 Å². The molecule has 7 heteroatoms. The van der Waals surface area contributed by atoms with Crippen molar-refractivity contribution in [3.8, 4) is 0 Å². The summed E-state index contributed by atoms with van der Waals surface area (Å²) < 4.78 is 17.0. The minimum atomic E-state index is -2.59. The van der Waals surface area contributed by atoms with E-state index in [-0.39, 0.29) is 0 Å². The van der Waals surface area contributed by atoms with Crippen LogP contribution in [0.2, 0.25) is 6.04 Å². The molecule has 0 aliphatic carbocycles. The van der Waals surface area contributed by atoms with Gasteiger partial charge in [0.1, 0.15) is 0 Å². The van der Waals surface area contributed by atoms with Crippen LogP contribution in [0.25, 0.3) is 0 Å². The molecular weight excluding hydrogens is 286 g/mol. The maximum Gasteiger partial charge on any atom is 0.500 e. The Balaban J connectivity index is 2.35. The number of hydrogen-bond acceptors (Lipinski definition) is 6. The standard InChI is InChI=1S/C14H27N3O3Si/c1-18-21(19-2,20-12-11-17-16-10-9-15)13-8-14-6-4-3-5-7-14/h3-7,16-17H,8-13,15H2,1-2H3. The van der Waals surface area contributed by atoms with Gasteiger partial charge in [-0.1, -0.05) is 30.3 Å². The van der Waals surface area contributed by atoms with E-state index in [4.69, 9.17) is 19.0 Å². The van der Waals surface area contributed by atoms with Crippen molar-refractivity contribution in [2.45, 2.75) is 12.5 Å². The topological polar surface area (TPSA) is 77.8 Å². The van der Waals surface area contributed by atoms with Crippen molar-refractivity contribution in [3.05, 3.63) is 35.9 Å². The molecular formula is C14H27N3O3Si. The summed E-state index contributed by atoms with van der Waals surface area (Å²) in [5.74, 6) is 0. The average Bonchev–Trinajstić information content (AvgIpc) is 2.55. The average molecular weight is 313 g/mol. The molecule has 1 rings (SSSR count). The van der Waals surface area contributed by atoms with Gasteiger partial charge >= 0.3 is 8.80 Å². The third-order valence-electron chi connectivity index (χ3n) is 3.13. The second-order valence-electron chi connectivity index (χ2n) is 4.57. The van der Waals surface area contributed by atoms with Crippen molar-refractivity contribution in [1.82, 2.24) is 10.9 Å². The highest BCUT2D eigenvalue weighted by Crippen LogP contribution is 2.17. The molecule has 1 aromatic rings. The monoisotopic (exact) mass is 313 g/mol. The molecule has 0 unspecified atom stereocenters. The first-order chi connectivity index (χ1) is 10.3. The third kappa shape index (κ3) is 7.14. The van der Waals surface area contributed by atoms with E-state index in [1.165, 1.54) is 5.56 Å². The fraction of sp³-hybridized carbons (Fsp3) is 0.571. The predicted molar refractivity (Wildman–Crippen MR) is 85.7 cm³/mol. The predicted octanol–water partition coefficient (Wildman–Crippen LogP) is 0.530. The van der Waals surface area contributed by atoms with Crippen molar-refractivity contribution in [3.63, 3.8) is 0 Å². The van der Waals surface area contributed by atoms with E-state index in [9.17, 15) is 0 Å². The molecule has 0 spiro atoms. The number of hydrogen-bond donors (Lipinski definition) is 3. The summed E-state index contributed by atoms with van der Waals surface area (Å²) in [6, 6.07) is 11.0. The van der Waals surface area contributed by atoms with Gasteiger partial charge in [-0.2, -0.15) is 0 Å². The van der Waals surface area contributed by atoms with Crippen LogP contribution in [-0.4, -0.2) is 49.3 Å². The van der Waals surface area contributed by atoms with Gasteiger partial charge in [0.05, 0.1) is 6.61 Å². The zero-order valence-corrected chi connectivity index (χ0v) is 13.9. The summed E-state index contributed by atoms with van der Waals surface area (Å²) in [7, 11) is 0.720. The van der Waals surface area contributed by atoms with Crippen LogP contribution in [0.1, 0.15) is 5.56 Å². The molecule has 0 atom stereocenters. The summed E-state index contributed by atoms with van der Waals surface area (Å²) in [5.41, 5.74) is 12.7. The number of rotatable bonds is 12. The smallest absolute Gasteiger partial charge is 0.377 e. The van der Waals surface area contributed by atoms with E-state index in [2.05, 4.69) is 23.0 Å². The Morgan fingerprint density at radius 2 is 1.71 bits per heavy atom. The van der Waals surface area contributed by atoms with Crippen LogP contribution < -0.4 is 16.6 Å². The van der Waals surface area contributed by atoms with Crippen molar-refractivity contribution in [2.24, 2.45) is 5.73 Å². The summed E-state index contributed by atoms with van der Waals surface area (Å²) in [5, 5.41) is 0. The Hall–Kier alpha value is -0.803. The van der Waals surface area contributed by atoms with Crippen LogP contribution in [-0.2, 0) is 19.7 Å². The highest BCUT2D eigenvalue weighted by molar-refractivity contribution is 6.60. The van der Waals surface area contributed by atoms with Crippen molar-refractivity contribution in [2.75, 3.05) is 40.5 Å². The molecule has 21 heavy (non-hydrogen) atoms. The fourth-order valence-electron chi connectivity index (χ4n) is 1.93. The number of nitrogens with one attached hydrogen (secondary N) is 2. The van der Waals surface area contributed by atoms with E-state index >= 15 is 0 Å². The van der Waals surface area contributed by atoms with Gasteiger partial charge in [-0.25, -0.2) is 0 Å². The highest BCUT2D eigenvalue weighted by atomic mass is 28.4. The van der Waals surface area contributed by atoms with Crippen LogP contribution in [0, 0.1) is 0 Å². The van der Waals surface area contributed by atoms with Gasteiger partial charge in [0, 0.05) is 39.9 Å². The van der Waals surface area contributed by atoms with Crippen LogP contribution >= 0.6 is 0 Å². The zero-order valence-electron chi connectivity index (χ0n) is 12.9. The number of nitrogens with two attached hydrogens (primary N) is 1. The fourth-order valence-corrected chi connectivity index (χ4v) is 3.89. The molecule has 0 aliphatic rings. The minimum Gasteiger partial charge on any atom is -0.377 e. The summed E-state index contributed by atoms with van der Waals surface area (Å²) in [4.78, 5) is 0. The third-order valence-corrected chi connectivity index (χ3v) is 5.88. The summed E-state index contributed by atoms with van der Waals surface area (Å²) in [6.45, 7) is 2.53. The number of aryl methyl sites for hydroxylation is 1. The van der Waals surface area contributed by atoms with E-state index < -0.39 is 8.80 Å².